The van der Waals surface area contributed by atoms with Gasteiger partial charge in [0, 0.05) is 21.1 Å². The number of para-hydroxylation sites is 1. The van der Waals surface area contributed by atoms with Crippen molar-refractivity contribution in [3.63, 3.8) is 0 Å². The first-order valence-corrected chi connectivity index (χ1v) is 8.06. The molecule has 1 aromatic heterocycles. The van der Waals surface area contributed by atoms with E-state index >= 15 is 0 Å². The average Bonchev–Trinajstić information content (AvgIpc) is 3.04. The molecular weight excluding hydrogens is 360 g/mol. The summed E-state index contributed by atoms with van der Waals surface area (Å²) in [5.74, 6) is -1.06. The number of rotatable bonds is 6. The van der Waals surface area contributed by atoms with E-state index in [9.17, 15) is 14.4 Å². The van der Waals surface area contributed by atoms with Crippen LogP contribution >= 0.6 is 11.6 Å². The Balaban J connectivity index is 1.95. The molecule has 26 heavy (non-hydrogen) atoms. The monoisotopic (exact) mass is 378 g/mol. The molecule has 138 valence electrons. The van der Waals surface area contributed by atoms with Crippen LogP contribution in [0.1, 0.15) is 10.5 Å². The molecule has 0 saturated heterocycles. The van der Waals surface area contributed by atoms with Crippen LogP contribution in [0.5, 0.6) is 0 Å². The van der Waals surface area contributed by atoms with E-state index in [0.717, 1.165) is 0 Å². The Labute approximate surface area is 155 Å². The molecule has 0 unspecified atom stereocenters. The number of likely N-dealkylation sites (N-methyl/N-ethyl adjacent to an activating group) is 2. The van der Waals surface area contributed by atoms with Gasteiger partial charge < -0.3 is 15.1 Å². The molecule has 1 heterocycles. The quantitative estimate of drug-likeness (QED) is 0.798. The lowest BCUT2D eigenvalue weighted by Crippen LogP contribution is -2.35. The summed E-state index contributed by atoms with van der Waals surface area (Å²) in [4.78, 5) is 38.7. The van der Waals surface area contributed by atoms with Gasteiger partial charge in [-0.15, -0.1) is 5.10 Å². The number of amides is 3. The van der Waals surface area contributed by atoms with Gasteiger partial charge in [-0.3, -0.25) is 14.4 Å². The summed E-state index contributed by atoms with van der Waals surface area (Å²) in [5, 5.41) is 10.5. The number of benzene rings is 1. The van der Waals surface area contributed by atoms with Crippen LogP contribution in [0.3, 0.4) is 0 Å². The maximum atomic E-state index is 12.3. The number of aromatic nitrogens is 3. The van der Waals surface area contributed by atoms with Gasteiger partial charge in [0.25, 0.3) is 5.91 Å². The van der Waals surface area contributed by atoms with Gasteiger partial charge in [0.2, 0.25) is 11.8 Å². The van der Waals surface area contributed by atoms with Gasteiger partial charge in [0.15, 0.2) is 5.69 Å². The second-order valence-electron chi connectivity index (χ2n) is 5.78. The minimum atomic E-state index is -0.483. The fourth-order valence-electron chi connectivity index (χ4n) is 1.99. The third-order valence-electron chi connectivity index (χ3n) is 3.43. The largest absolute Gasteiger partial charge is 0.347 e. The van der Waals surface area contributed by atoms with Crippen molar-refractivity contribution < 1.29 is 14.4 Å². The highest BCUT2D eigenvalue weighted by Gasteiger charge is 2.19. The van der Waals surface area contributed by atoms with Crippen LogP contribution in [0.25, 0.3) is 0 Å². The van der Waals surface area contributed by atoms with Crippen LogP contribution in [0.15, 0.2) is 30.5 Å². The van der Waals surface area contributed by atoms with Crippen LogP contribution < -0.4 is 5.32 Å². The van der Waals surface area contributed by atoms with Crippen LogP contribution in [0, 0.1) is 0 Å². The molecular formula is C16H19ClN6O3. The smallest absolute Gasteiger partial charge is 0.276 e. The summed E-state index contributed by atoms with van der Waals surface area (Å²) in [7, 11) is 4.71. The third kappa shape index (κ3) is 5.03. The van der Waals surface area contributed by atoms with Crippen molar-refractivity contribution in [2.24, 2.45) is 0 Å². The number of carbonyl (C=O) groups is 3. The SMILES string of the molecule is CN(C)C(=O)Cn1cc(C(=O)N(C)CC(=O)Nc2ccccc2Cl)nn1. The molecule has 0 radical (unpaired) electrons. The van der Waals surface area contributed by atoms with Crippen molar-refractivity contribution in [2.45, 2.75) is 6.54 Å². The Morgan fingerprint density at radius 2 is 1.88 bits per heavy atom. The molecule has 0 aliphatic rings. The number of hydrogen-bond acceptors (Lipinski definition) is 5. The van der Waals surface area contributed by atoms with E-state index in [1.165, 1.54) is 27.7 Å². The average molecular weight is 379 g/mol. The molecule has 0 bridgehead atoms. The second-order valence-corrected chi connectivity index (χ2v) is 6.19. The molecule has 3 amide bonds. The number of nitrogens with zero attached hydrogens (tertiary/aromatic N) is 5. The summed E-state index contributed by atoms with van der Waals surface area (Å²) in [6.07, 6.45) is 1.37. The van der Waals surface area contributed by atoms with E-state index in [0.29, 0.717) is 10.7 Å². The van der Waals surface area contributed by atoms with E-state index in [1.54, 1.807) is 38.4 Å². The van der Waals surface area contributed by atoms with Crippen LogP contribution in [0.2, 0.25) is 5.02 Å². The minimum Gasteiger partial charge on any atom is -0.347 e. The number of halogens is 1. The zero-order valence-corrected chi connectivity index (χ0v) is 15.4. The highest BCUT2D eigenvalue weighted by Crippen LogP contribution is 2.20. The number of carbonyl (C=O) groups excluding carboxylic acids is 3. The van der Waals surface area contributed by atoms with E-state index < -0.39 is 11.8 Å². The Bertz CT molecular complexity index is 820. The lowest BCUT2D eigenvalue weighted by molar-refractivity contribution is -0.129. The van der Waals surface area contributed by atoms with Gasteiger partial charge in [-0.25, -0.2) is 4.68 Å². The fraction of sp³-hybridized carbons (Fsp3) is 0.312. The first kappa shape index (κ1) is 19.4. The van der Waals surface area contributed by atoms with E-state index in [4.69, 9.17) is 11.6 Å². The van der Waals surface area contributed by atoms with Gasteiger partial charge in [-0.05, 0) is 12.1 Å². The summed E-state index contributed by atoms with van der Waals surface area (Å²) in [6.45, 7) is -0.211. The highest BCUT2D eigenvalue weighted by molar-refractivity contribution is 6.33. The van der Waals surface area contributed by atoms with Crippen molar-refractivity contribution in [3.8, 4) is 0 Å². The van der Waals surface area contributed by atoms with Crippen LogP contribution in [0.4, 0.5) is 5.69 Å². The summed E-state index contributed by atoms with van der Waals surface area (Å²) in [6, 6.07) is 6.80. The van der Waals surface area contributed by atoms with Crippen molar-refractivity contribution in [2.75, 3.05) is 33.0 Å². The number of hydrogen-bond donors (Lipinski definition) is 1. The Kier molecular flexibility index (Phi) is 6.29. The van der Waals surface area contributed by atoms with E-state index in [2.05, 4.69) is 15.6 Å². The van der Waals surface area contributed by atoms with E-state index in [-0.39, 0.29) is 24.7 Å². The van der Waals surface area contributed by atoms with Gasteiger partial charge in [-0.2, -0.15) is 0 Å². The standard InChI is InChI=1S/C16H19ClN6O3/c1-21(2)15(25)10-23-8-13(19-20-23)16(26)22(3)9-14(24)18-12-7-5-4-6-11(12)17/h4-8H,9-10H2,1-3H3,(H,18,24). The second kappa shape index (κ2) is 8.43. The predicted octanol–water partition coefficient (Wildman–Crippen LogP) is 0.730. The first-order chi connectivity index (χ1) is 12.3. The number of nitrogens with one attached hydrogen (secondary N) is 1. The predicted molar refractivity (Wildman–Crippen MR) is 95.8 cm³/mol. The van der Waals surface area contributed by atoms with Gasteiger partial charge in [0.05, 0.1) is 23.5 Å². The van der Waals surface area contributed by atoms with Crippen molar-refractivity contribution >= 4 is 35.0 Å². The molecule has 0 atom stereocenters. The third-order valence-corrected chi connectivity index (χ3v) is 3.76. The Hall–Kier alpha value is -2.94. The molecule has 0 aliphatic carbocycles. The fourth-order valence-corrected chi connectivity index (χ4v) is 2.17. The maximum Gasteiger partial charge on any atom is 0.276 e. The van der Waals surface area contributed by atoms with Crippen molar-refractivity contribution in [3.05, 3.63) is 41.2 Å². The molecule has 2 aromatic rings. The molecule has 0 spiro atoms. The van der Waals surface area contributed by atoms with Crippen LogP contribution in [-0.4, -0.2) is 70.2 Å². The van der Waals surface area contributed by atoms with Gasteiger partial charge in [-0.1, -0.05) is 28.9 Å². The lowest BCUT2D eigenvalue weighted by atomic mass is 10.3. The Morgan fingerprint density at radius 3 is 2.54 bits per heavy atom. The molecule has 1 aromatic carbocycles. The van der Waals surface area contributed by atoms with Crippen molar-refractivity contribution in [1.82, 2.24) is 24.8 Å². The lowest BCUT2D eigenvalue weighted by Gasteiger charge is -2.15. The minimum absolute atomic E-state index is 0.0238. The summed E-state index contributed by atoms with van der Waals surface area (Å²) < 4.78 is 1.27. The van der Waals surface area contributed by atoms with Crippen LogP contribution in [-0.2, 0) is 16.1 Å². The summed E-state index contributed by atoms with van der Waals surface area (Å²) >= 11 is 5.98. The van der Waals surface area contributed by atoms with Gasteiger partial charge in [0.1, 0.15) is 6.54 Å². The topological polar surface area (TPSA) is 100 Å². The molecule has 9 nitrogen and oxygen atoms in total. The highest BCUT2D eigenvalue weighted by atomic mass is 35.5. The molecule has 10 heteroatoms. The maximum absolute atomic E-state index is 12.3. The zero-order valence-electron chi connectivity index (χ0n) is 14.6. The Morgan fingerprint density at radius 1 is 1.19 bits per heavy atom. The molecule has 2 rings (SSSR count). The normalized spacial score (nSPS) is 10.3. The molecule has 0 fully saturated rings. The molecule has 1 N–H and O–H groups in total. The number of anilines is 1. The van der Waals surface area contributed by atoms with Crippen molar-refractivity contribution in [1.29, 1.82) is 0 Å². The zero-order chi connectivity index (χ0) is 19.3. The first-order valence-electron chi connectivity index (χ1n) is 7.68. The van der Waals surface area contributed by atoms with Gasteiger partial charge >= 0.3 is 0 Å². The van der Waals surface area contributed by atoms with E-state index in [1.807, 2.05) is 0 Å². The molecule has 0 aliphatic heterocycles. The summed E-state index contributed by atoms with van der Waals surface area (Å²) in [5.41, 5.74) is 0.512. The molecule has 0 saturated carbocycles.